The fourth-order valence-electron chi connectivity index (χ4n) is 4.86. The van der Waals surface area contributed by atoms with Gasteiger partial charge in [0.25, 0.3) is 0 Å². The number of ether oxygens (including phenoxy) is 1. The number of rotatable bonds is 8. The van der Waals surface area contributed by atoms with Crippen LogP contribution in [-0.4, -0.2) is 17.7 Å². The van der Waals surface area contributed by atoms with Crippen LogP contribution in [0.2, 0.25) is 0 Å². The first-order chi connectivity index (χ1) is 15.3. The van der Waals surface area contributed by atoms with Crippen LogP contribution < -0.4 is 4.74 Å². The van der Waals surface area contributed by atoms with E-state index >= 15 is 4.39 Å². The number of carboxylic acid groups (broad SMARTS) is 1. The SMILES string of the molecule is CCOc1c(\C(=C(F)/C=C/C(C)=C/C(=O)O)C(C)C)cc2c(c1Br)C(C)(C)CCC2C(C)C. The summed E-state index contributed by atoms with van der Waals surface area (Å²) in [7, 11) is 0. The number of allylic oxidation sites excluding steroid dienone is 5. The number of benzene rings is 1. The molecule has 2 rings (SSSR count). The lowest BCUT2D eigenvalue weighted by atomic mass is 9.65. The summed E-state index contributed by atoms with van der Waals surface area (Å²) < 4.78 is 22.7. The second kappa shape index (κ2) is 11.0. The third-order valence-electron chi connectivity index (χ3n) is 6.47. The van der Waals surface area contributed by atoms with E-state index in [0.717, 1.165) is 29.0 Å². The zero-order valence-electron chi connectivity index (χ0n) is 21.2. The summed E-state index contributed by atoms with van der Waals surface area (Å²) in [5.74, 6) is 0.0110. The Bertz CT molecular complexity index is 983. The summed E-state index contributed by atoms with van der Waals surface area (Å²) in [4.78, 5) is 10.9. The van der Waals surface area contributed by atoms with Crippen molar-refractivity contribution in [2.24, 2.45) is 11.8 Å². The number of carboxylic acids is 1. The molecule has 0 fully saturated rings. The van der Waals surface area contributed by atoms with Gasteiger partial charge in [0.05, 0.1) is 11.1 Å². The first-order valence-electron chi connectivity index (χ1n) is 11.8. The number of hydrogen-bond acceptors (Lipinski definition) is 2. The number of halogens is 2. The molecule has 0 heterocycles. The van der Waals surface area contributed by atoms with Gasteiger partial charge in [0.15, 0.2) is 0 Å². The van der Waals surface area contributed by atoms with Gasteiger partial charge in [-0.15, -0.1) is 0 Å². The molecule has 0 amide bonds. The van der Waals surface area contributed by atoms with E-state index in [2.05, 4.69) is 49.7 Å². The standard InChI is InChI=1S/C28H38BrFO3/c1-9-33-27-21(24(17(4)5)22(30)11-10-18(6)14-23(31)32)15-20-19(16(2)3)12-13-28(7,8)25(20)26(27)29/h10-11,14-17,19H,9,12-13H2,1-8H3,(H,31,32)/b11-10+,18-14+,24-22+. The van der Waals surface area contributed by atoms with Crippen molar-refractivity contribution in [3.8, 4) is 5.75 Å². The highest BCUT2D eigenvalue weighted by molar-refractivity contribution is 9.10. The molecule has 0 bridgehead atoms. The zero-order chi connectivity index (χ0) is 25.1. The quantitative estimate of drug-likeness (QED) is 0.275. The van der Waals surface area contributed by atoms with Gasteiger partial charge >= 0.3 is 5.97 Å². The van der Waals surface area contributed by atoms with Gasteiger partial charge in [-0.3, -0.25) is 0 Å². The minimum atomic E-state index is -1.05. The maximum absolute atomic E-state index is 15.6. The number of fused-ring (bicyclic) bond motifs is 1. The molecule has 0 saturated carbocycles. The van der Waals surface area contributed by atoms with Crippen LogP contribution in [0.1, 0.15) is 90.8 Å². The van der Waals surface area contributed by atoms with Crippen molar-refractivity contribution in [3.05, 3.63) is 56.9 Å². The van der Waals surface area contributed by atoms with Gasteiger partial charge in [0.2, 0.25) is 0 Å². The lowest BCUT2D eigenvalue weighted by molar-refractivity contribution is -0.131. The van der Waals surface area contributed by atoms with Gasteiger partial charge in [-0.25, -0.2) is 9.18 Å². The maximum atomic E-state index is 15.6. The number of aliphatic carboxylic acids is 1. The van der Waals surface area contributed by atoms with E-state index in [-0.39, 0.29) is 17.2 Å². The maximum Gasteiger partial charge on any atom is 0.328 e. The van der Waals surface area contributed by atoms with E-state index in [4.69, 9.17) is 9.84 Å². The summed E-state index contributed by atoms with van der Waals surface area (Å²) in [6, 6.07) is 2.15. The van der Waals surface area contributed by atoms with Crippen LogP contribution in [0, 0.1) is 11.8 Å². The van der Waals surface area contributed by atoms with Gasteiger partial charge in [-0.1, -0.05) is 47.6 Å². The lowest BCUT2D eigenvalue weighted by Gasteiger charge is -2.40. The van der Waals surface area contributed by atoms with Crippen molar-refractivity contribution < 1.29 is 19.0 Å². The Balaban J connectivity index is 2.85. The number of hydrogen-bond donors (Lipinski definition) is 1. The van der Waals surface area contributed by atoms with Gasteiger partial charge in [-0.05, 0) is 94.6 Å². The minimum absolute atomic E-state index is 0.0111. The monoisotopic (exact) mass is 520 g/mol. The Hall–Kier alpha value is -1.88. The molecule has 0 saturated heterocycles. The van der Waals surface area contributed by atoms with E-state index in [1.807, 2.05) is 20.8 Å². The molecule has 0 spiro atoms. The van der Waals surface area contributed by atoms with Gasteiger partial charge in [0.1, 0.15) is 11.6 Å². The third-order valence-corrected chi connectivity index (χ3v) is 7.23. The molecule has 1 N–H and O–H groups in total. The van der Waals surface area contributed by atoms with E-state index in [0.29, 0.717) is 35.3 Å². The molecule has 5 heteroatoms. The van der Waals surface area contributed by atoms with Crippen LogP contribution in [-0.2, 0) is 10.2 Å². The molecule has 33 heavy (non-hydrogen) atoms. The molecule has 1 aliphatic rings. The molecule has 182 valence electrons. The summed E-state index contributed by atoms with van der Waals surface area (Å²) in [5.41, 5.74) is 4.32. The van der Waals surface area contributed by atoms with Crippen LogP contribution in [0.4, 0.5) is 4.39 Å². The first-order valence-corrected chi connectivity index (χ1v) is 12.6. The third kappa shape index (κ3) is 6.17. The molecule has 1 aliphatic carbocycles. The second-order valence-electron chi connectivity index (χ2n) is 10.2. The van der Waals surface area contributed by atoms with Crippen LogP contribution in [0.25, 0.3) is 5.57 Å². The van der Waals surface area contributed by atoms with Crippen LogP contribution in [0.5, 0.6) is 5.75 Å². The molecule has 0 aliphatic heterocycles. The molecule has 1 aromatic carbocycles. The predicted octanol–water partition coefficient (Wildman–Crippen LogP) is 8.58. The van der Waals surface area contributed by atoms with E-state index in [9.17, 15) is 4.79 Å². The summed E-state index contributed by atoms with van der Waals surface area (Å²) >= 11 is 3.86. The van der Waals surface area contributed by atoms with Gasteiger partial charge in [0, 0.05) is 17.2 Å². The topological polar surface area (TPSA) is 46.5 Å². The fourth-order valence-corrected chi connectivity index (χ4v) is 5.95. The molecule has 0 radical (unpaired) electrons. The average Bonchev–Trinajstić information content (AvgIpc) is 2.67. The molecular weight excluding hydrogens is 483 g/mol. The minimum Gasteiger partial charge on any atom is -0.492 e. The molecular formula is C28H38BrFO3. The average molecular weight is 522 g/mol. The van der Waals surface area contributed by atoms with Crippen molar-refractivity contribution in [1.82, 2.24) is 0 Å². The van der Waals surface area contributed by atoms with Crippen molar-refractivity contribution in [3.63, 3.8) is 0 Å². The van der Waals surface area contributed by atoms with E-state index in [1.165, 1.54) is 23.3 Å². The normalized spacial score (nSPS) is 19.2. The highest BCUT2D eigenvalue weighted by atomic mass is 79.9. The van der Waals surface area contributed by atoms with Crippen molar-refractivity contribution in [2.45, 2.75) is 79.6 Å². The molecule has 0 aromatic heterocycles. The van der Waals surface area contributed by atoms with Gasteiger partial charge in [-0.2, -0.15) is 0 Å². The Labute approximate surface area is 206 Å². The second-order valence-corrected chi connectivity index (χ2v) is 11.0. The first kappa shape index (κ1) is 27.4. The van der Waals surface area contributed by atoms with E-state index in [1.54, 1.807) is 6.92 Å². The summed E-state index contributed by atoms with van der Waals surface area (Å²) in [6.07, 6.45) is 6.11. The van der Waals surface area contributed by atoms with E-state index < -0.39 is 5.97 Å². The highest BCUT2D eigenvalue weighted by Crippen LogP contribution is 2.53. The molecule has 1 unspecified atom stereocenters. The lowest BCUT2D eigenvalue weighted by Crippen LogP contribution is -2.29. The Morgan fingerprint density at radius 3 is 2.45 bits per heavy atom. The van der Waals surface area contributed by atoms with Gasteiger partial charge < -0.3 is 9.84 Å². The summed E-state index contributed by atoms with van der Waals surface area (Å²) in [6.45, 7) is 17.0. The smallest absolute Gasteiger partial charge is 0.328 e. The van der Waals surface area contributed by atoms with Crippen molar-refractivity contribution >= 4 is 27.5 Å². The molecule has 1 aromatic rings. The summed E-state index contributed by atoms with van der Waals surface area (Å²) in [5, 5.41) is 8.94. The van der Waals surface area contributed by atoms with Crippen molar-refractivity contribution in [2.75, 3.05) is 6.61 Å². The van der Waals surface area contributed by atoms with Crippen LogP contribution in [0.15, 0.2) is 40.2 Å². The predicted molar refractivity (Wildman–Crippen MR) is 139 cm³/mol. The van der Waals surface area contributed by atoms with Crippen LogP contribution in [0.3, 0.4) is 0 Å². The Morgan fingerprint density at radius 1 is 1.30 bits per heavy atom. The number of carbonyl (C=O) groups is 1. The van der Waals surface area contributed by atoms with Crippen LogP contribution >= 0.6 is 15.9 Å². The molecule has 1 atom stereocenters. The Morgan fingerprint density at radius 2 is 1.94 bits per heavy atom. The zero-order valence-corrected chi connectivity index (χ0v) is 22.8. The highest BCUT2D eigenvalue weighted by Gasteiger charge is 2.38. The fraction of sp³-hybridized carbons (Fsp3) is 0.536. The molecule has 3 nitrogen and oxygen atoms in total. The largest absolute Gasteiger partial charge is 0.492 e. The van der Waals surface area contributed by atoms with Crippen molar-refractivity contribution in [1.29, 1.82) is 0 Å². The Kier molecular flexibility index (Phi) is 9.15.